The van der Waals surface area contributed by atoms with Crippen LogP contribution in [-0.4, -0.2) is 0 Å². The third-order valence-electron chi connectivity index (χ3n) is 10.7. The maximum Gasteiger partial charge on any atom is -0.00172 e. The minimum atomic E-state index is 0.0972. The van der Waals surface area contributed by atoms with Gasteiger partial charge in [-0.25, -0.2) is 0 Å². The molecule has 0 heteroatoms. The normalized spacial score (nSPS) is 13.5. The number of aryl methyl sites for hydroxylation is 2. The summed E-state index contributed by atoms with van der Waals surface area (Å²) in [6.07, 6.45) is 0. The van der Waals surface area contributed by atoms with Crippen molar-refractivity contribution in [3.8, 4) is 0 Å². The van der Waals surface area contributed by atoms with E-state index in [0.29, 0.717) is 0 Å². The second-order valence-electron chi connectivity index (χ2n) is 15.5. The molecule has 0 aliphatic heterocycles. The summed E-state index contributed by atoms with van der Waals surface area (Å²) >= 11 is 0. The van der Waals surface area contributed by atoms with E-state index in [1.807, 2.05) is 0 Å². The highest BCUT2D eigenvalue weighted by Gasteiger charge is 2.23. The van der Waals surface area contributed by atoms with Gasteiger partial charge in [-0.15, -0.1) is 0 Å². The number of hydrogen-bond acceptors (Lipinski definition) is 0. The van der Waals surface area contributed by atoms with E-state index < -0.39 is 0 Å². The third-order valence-corrected chi connectivity index (χ3v) is 10.7. The largest absolute Gasteiger partial charge is 0.0580 e. The number of rotatable bonds is 0. The monoisotopic (exact) mass is 566 g/mol. The molecule has 44 heavy (non-hydrogen) atoms. The molecule has 0 bridgehead atoms. The Kier molecular flexibility index (Phi) is 4.84. The number of benzene rings is 7. The van der Waals surface area contributed by atoms with E-state index in [1.165, 1.54) is 108 Å². The highest BCUT2D eigenvalue weighted by molar-refractivity contribution is 6.40. The van der Waals surface area contributed by atoms with Crippen LogP contribution >= 0.6 is 0 Å². The summed E-state index contributed by atoms with van der Waals surface area (Å²) < 4.78 is 0. The molecule has 0 aromatic heterocycles. The van der Waals surface area contributed by atoms with Crippen molar-refractivity contribution in [1.82, 2.24) is 0 Å². The second kappa shape index (κ2) is 8.19. The van der Waals surface area contributed by atoms with Gasteiger partial charge in [-0.2, -0.15) is 0 Å². The topological polar surface area (TPSA) is 0 Å². The minimum absolute atomic E-state index is 0.0972. The number of hydrogen-bond donors (Lipinski definition) is 0. The molecule has 9 rings (SSSR count). The zero-order chi connectivity index (χ0) is 30.4. The molecule has 9 aromatic carbocycles. The molecule has 9 aromatic rings. The SMILES string of the molecule is Cc1ccc2c3ccc(C(C)(C)C)cc3c3cc4c5cc6c7cc(C(C)(C)C)ccc7c7ccc(C)c(c5ccc4c1c23)c76. The van der Waals surface area contributed by atoms with Crippen LogP contribution < -0.4 is 0 Å². The van der Waals surface area contributed by atoms with Crippen LogP contribution in [0.3, 0.4) is 0 Å². The maximum absolute atomic E-state index is 2.53. The van der Waals surface area contributed by atoms with Crippen molar-refractivity contribution in [2.24, 2.45) is 0 Å². The summed E-state index contributed by atoms with van der Waals surface area (Å²) in [5.74, 6) is 0. The van der Waals surface area contributed by atoms with Gasteiger partial charge in [-0.3, -0.25) is 0 Å². The summed E-state index contributed by atoms with van der Waals surface area (Å²) in [4.78, 5) is 0. The van der Waals surface area contributed by atoms with E-state index in [1.54, 1.807) is 0 Å². The van der Waals surface area contributed by atoms with E-state index in [0.717, 1.165) is 0 Å². The molecule has 0 radical (unpaired) electrons. The zero-order valence-electron chi connectivity index (χ0n) is 27.1. The lowest BCUT2D eigenvalue weighted by molar-refractivity contribution is 0.591. The van der Waals surface area contributed by atoms with E-state index >= 15 is 0 Å². The molecule has 0 spiro atoms. The lowest BCUT2D eigenvalue weighted by Gasteiger charge is -2.19. The fourth-order valence-electron chi connectivity index (χ4n) is 8.29. The van der Waals surface area contributed by atoms with Gasteiger partial charge in [0.25, 0.3) is 0 Å². The Morgan fingerprint density at radius 2 is 0.614 bits per heavy atom. The molecule has 0 fully saturated rings. The molecule has 0 N–H and O–H groups in total. The minimum Gasteiger partial charge on any atom is -0.0580 e. The van der Waals surface area contributed by atoms with Crippen molar-refractivity contribution >= 4 is 86.2 Å². The van der Waals surface area contributed by atoms with Gasteiger partial charge in [0.2, 0.25) is 0 Å². The van der Waals surface area contributed by atoms with Gasteiger partial charge < -0.3 is 0 Å². The third kappa shape index (κ3) is 3.24. The van der Waals surface area contributed by atoms with E-state index in [4.69, 9.17) is 0 Å². The van der Waals surface area contributed by atoms with Crippen molar-refractivity contribution in [1.29, 1.82) is 0 Å². The Morgan fingerprint density at radius 3 is 1.00 bits per heavy atom. The fourth-order valence-corrected chi connectivity index (χ4v) is 8.29. The molecule has 0 aliphatic carbocycles. The summed E-state index contributed by atoms with van der Waals surface area (Å²) in [6, 6.07) is 33.6. The highest BCUT2D eigenvalue weighted by atomic mass is 14.3. The Labute approximate surface area is 258 Å². The van der Waals surface area contributed by atoms with Crippen molar-refractivity contribution in [3.63, 3.8) is 0 Å². The van der Waals surface area contributed by atoms with Crippen LogP contribution in [0.25, 0.3) is 86.2 Å². The lowest BCUT2D eigenvalue weighted by Crippen LogP contribution is -2.10. The molecular formula is C44H38. The van der Waals surface area contributed by atoms with Gasteiger partial charge in [-0.1, -0.05) is 102 Å². The summed E-state index contributed by atoms with van der Waals surface area (Å²) in [6.45, 7) is 18.5. The highest BCUT2D eigenvalue weighted by Crippen LogP contribution is 2.49. The van der Waals surface area contributed by atoms with Gasteiger partial charge >= 0.3 is 0 Å². The average Bonchev–Trinajstić information content (AvgIpc) is 3.47. The summed E-state index contributed by atoms with van der Waals surface area (Å²) in [5.41, 5.74) is 5.67. The molecule has 0 amide bonds. The smallest absolute Gasteiger partial charge is 0.00172 e. The van der Waals surface area contributed by atoms with Crippen LogP contribution in [0, 0.1) is 13.8 Å². The van der Waals surface area contributed by atoms with Crippen LogP contribution in [0.2, 0.25) is 0 Å². The Hall–Kier alpha value is -4.42. The van der Waals surface area contributed by atoms with E-state index in [2.05, 4.69) is 140 Å². The van der Waals surface area contributed by atoms with Gasteiger partial charge in [0.15, 0.2) is 0 Å². The summed E-state index contributed by atoms with van der Waals surface area (Å²) in [7, 11) is 0. The molecule has 0 unspecified atom stereocenters. The molecule has 0 heterocycles. The Morgan fingerprint density at radius 1 is 0.295 bits per heavy atom. The molecule has 0 saturated heterocycles. The second-order valence-corrected chi connectivity index (χ2v) is 15.5. The van der Waals surface area contributed by atoms with E-state index in [9.17, 15) is 0 Å². The van der Waals surface area contributed by atoms with Gasteiger partial charge in [-0.05, 0) is 157 Å². The van der Waals surface area contributed by atoms with Gasteiger partial charge in [0.05, 0.1) is 0 Å². The van der Waals surface area contributed by atoms with Crippen LogP contribution in [-0.2, 0) is 10.8 Å². The first-order chi connectivity index (χ1) is 20.9. The predicted molar refractivity (Wildman–Crippen MR) is 196 cm³/mol. The Bertz CT molecular complexity index is 2480. The molecule has 0 nitrogen and oxygen atoms in total. The van der Waals surface area contributed by atoms with Crippen LogP contribution in [0.4, 0.5) is 0 Å². The maximum atomic E-state index is 2.53. The van der Waals surface area contributed by atoms with Crippen molar-refractivity contribution < 1.29 is 0 Å². The van der Waals surface area contributed by atoms with Gasteiger partial charge in [0.1, 0.15) is 0 Å². The van der Waals surface area contributed by atoms with E-state index in [-0.39, 0.29) is 10.8 Å². The standard InChI is InChI=1S/C44H38/c1-23-9-13-29-27-15-11-25(43(3,4)5)19-33(27)37-21-35-31(39(23)41(29)37)17-18-32-36(35)22-38-34-20-26(44(6,7)8)12-16-28(34)30-14-10-24(2)40(32)42(30)38/h9-22H,1-8H3. The number of fused-ring (bicyclic) bond motifs is 11. The van der Waals surface area contributed by atoms with Crippen molar-refractivity contribution in [2.45, 2.75) is 66.2 Å². The quantitative estimate of drug-likeness (QED) is 0.160. The van der Waals surface area contributed by atoms with Crippen LogP contribution in [0.1, 0.15) is 63.8 Å². The molecule has 0 aliphatic rings. The first-order valence-electron chi connectivity index (χ1n) is 16.1. The van der Waals surface area contributed by atoms with Crippen molar-refractivity contribution in [2.75, 3.05) is 0 Å². The van der Waals surface area contributed by atoms with Crippen molar-refractivity contribution in [3.05, 3.63) is 107 Å². The zero-order valence-corrected chi connectivity index (χ0v) is 27.1. The fraction of sp³-hybridized carbons (Fsp3) is 0.227. The first-order valence-corrected chi connectivity index (χ1v) is 16.1. The predicted octanol–water partition coefficient (Wildman–Crippen LogP) is 13.0. The van der Waals surface area contributed by atoms with Gasteiger partial charge in [0, 0.05) is 0 Å². The Balaban J connectivity index is 1.53. The molecule has 0 saturated carbocycles. The lowest BCUT2D eigenvalue weighted by atomic mass is 9.86. The molecule has 0 atom stereocenters. The molecule has 214 valence electrons. The summed E-state index contributed by atoms with van der Waals surface area (Å²) in [5, 5.41) is 22.1. The molecular weight excluding hydrogens is 528 g/mol. The van der Waals surface area contributed by atoms with Crippen LogP contribution in [0.15, 0.2) is 84.9 Å². The van der Waals surface area contributed by atoms with Crippen LogP contribution in [0.5, 0.6) is 0 Å². The first kappa shape index (κ1) is 26.0. The average molecular weight is 567 g/mol.